The lowest BCUT2D eigenvalue weighted by Crippen LogP contribution is -2.25. The van der Waals surface area contributed by atoms with E-state index in [0.717, 1.165) is 21.0 Å². The Morgan fingerprint density at radius 3 is 2.38 bits per heavy atom. The molecule has 2 aliphatic carbocycles. The van der Waals surface area contributed by atoms with E-state index in [1.807, 2.05) is 6.07 Å². The number of nitrogens with one attached hydrogen (secondary N) is 1. The van der Waals surface area contributed by atoms with E-state index >= 15 is 0 Å². The summed E-state index contributed by atoms with van der Waals surface area (Å²) in [6.45, 7) is 0. The zero-order valence-electron chi connectivity index (χ0n) is 14.0. The van der Waals surface area contributed by atoms with Crippen LogP contribution in [-0.4, -0.2) is 15.6 Å². The second kappa shape index (κ2) is 7.25. The second-order valence-corrected chi connectivity index (χ2v) is 8.62. The third kappa shape index (κ3) is 3.32. The number of benzene rings is 1. The molecule has 0 bridgehead atoms. The van der Waals surface area contributed by atoms with Crippen LogP contribution >= 0.6 is 27.5 Å². The molecular weight excluding hydrogens is 386 g/mol. The van der Waals surface area contributed by atoms with E-state index in [1.54, 1.807) is 0 Å². The maximum absolute atomic E-state index is 6.34. The minimum absolute atomic E-state index is 0.542. The van der Waals surface area contributed by atoms with Crippen LogP contribution in [0.25, 0.3) is 11.0 Å². The van der Waals surface area contributed by atoms with Gasteiger partial charge in [0.05, 0.1) is 5.52 Å². The molecule has 5 heteroatoms. The standard InChI is InChI=1S/C19H25BrClN3/c20-16-11-13(21)12-17-18(16)23-19(22-14-7-3-1-4-8-14)24(17)15-9-5-2-6-10-15/h11-12,14-15H,1-10H2,(H,22,23). The number of hydrogen-bond donors (Lipinski definition) is 1. The molecule has 1 aromatic heterocycles. The van der Waals surface area contributed by atoms with E-state index in [4.69, 9.17) is 16.6 Å². The summed E-state index contributed by atoms with van der Waals surface area (Å²) in [6.07, 6.45) is 13.0. The first kappa shape index (κ1) is 16.7. The molecular formula is C19H25BrClN3. The van der Waals surface area contributed by atoms with Crippen LogP contribution in [0, 0.1) is 0 Å². The van der Waals surface area contributed by atoms with Crippen LogP contribution in [0.2, 0.25) is 5.02 Å². The number of aromatic nitrogens is 2. The quantitative estimate of drug-likeness (QED) is 0.610. The third-order valence-corrected chi connectivity index (χ3v) is 6.41. The Hall–Kier alpha value is -0.740. The van der Waals surface area contributed by atoms with E-state index in [-0.39, 0.29) is 0 Å². The van der Waals surface area contributed by atoms with Crippen molar-refractivity contribution in [1.82, 2.24) is 9.55 Å². The zero-order valence-corrected chi connectivity index (χ0v) is 16.4. The molecule has 130 valence electrons. The van der Waals surface area contributed by atoms with Gasteiger partial charge in [0.1, 0.15) is 5.52 Å². The van der Waals surface area contributed by atoms with Gasteiger partial charge in [-0.05, 0) is 53.7 Å². The molecule has 0 unspecified atom stereocenters. The van der Waals surface area contributed by atoms with Gasteiger partial charge in [0, 0.05) is 21.6 Å². The number of halogens is 2. The van der Waals surface area contributed by atoms with Gasteiger partial charge in [-0.25, -0.2) is 4.98 Å². The minimum atomic E-state index is 0.542. The fourth-order valence-corrected chi connectivity index (χ4v) is 5.24. The number of nitrogens with zero attached hydrogens (tertiary/aromatic N) is 2. The highest BCUT2D eigenvalue weighted by Crippen LogP contribution is 2.38. The summed E-state index contributed by atoms with van der Waals surface area (Å²) in [5.41, 5.74) is 2.20. The molecule has 0 saturated heterocycles. The van der Waals surface area contributed by atoms with Gasteiger partial charge in [-0.1, -0.05) is 50.1 Å². The fraction of sp³-hybridized carbons (Fsp3) is 0.632. The summed E-state index contributed by atoms with van der Waals surface area (Å²) in [5, 5.41) is 4.54. The molecule has 24 heavy (non-hydrogen) atoms. The van der Waals surface area contributed by atoms with E-state index in [0.29, 0.717) is 12.1 Å². The van der Waals surface area contributed by atoms with E-state index < -0.39 is 0 Å². The molecule has 0 aliphatic heterocycles. The maximum atomic E-state index is 6.34. The average Bonchev–Trinajstić information content (AvgIpc) is 2.95. The predicted octanol–water partition coefficient (Wildman–Crippen LogP) is 6.70. The van der Waals surface area contributed by atoms with Crippen molar-refractivity contribution >= 4 is 44.5 Å². The minimum Gasteiger partial charge on any atom is -0.353 e. The molecule has 4 rings (SSSR count). The van der Waals surface area contributed by atoms with Crippen LogP contribution < -0.4 is 5.32 Å². The molecule has 0 spiro atoms. The Bertz CT molecular complexity index is 715. The summed E-state index contributed by atoms with van der Waals surface area (Å²) in [5.74, 6) is 1.05. The smallest absolute Gasteiger partial charge is 0.204 e. The molecule has 0 amide bonds. The number of imidazole rings is 1. The van der Waals surface area contributed by atoms with Crippen molar-refractivity contribution < 1.29 is 0 Å². The van der Waals surface area contributed by atoms with Crippen molar-refractivity contribution in [3.05, 3.63) is 21.6 Å². The molecule has 1 aromatic carbocycles. The fourth-order valence-electron chi connectivity index (χ4n) is 4.36. The van der Waals surface area contributed by atoms with Crippen molar-refractivity contribution in [3.63, 3.8) is 0 Å². The average molecular weight is 411 g/mol. The highest BCUT2D eigenvalue weighted by Gasteiger charge is 2.24. The van der Waals surface area contributed by atoms with Crippen LogP contribution in [0.15, 0.2) is 16.6 Å². The Morgan fingerprint density at radius 2 is 1.67 bits per heavy atom. The maximum Gasteiger partial charge on any atom is 0.204 e. The molecule has 2 fully saturated rings. The van der Waals surface area contributed by atoms with Crippen molar-refractivity contribution in [2.45, 2.75) is 76.3 Å². The molecule has 0 radical (unpaired) electrons. The van der Waals surface area contributed by atoms with Gasteiger partial charge in [-0.2, -0.15) is 0 Å². The molecule has 3 nitrogen and oxygen atoms in total. The molecule has 0 atom stereocenters. The van der Waals surface area contributed by atoms with Crippen LogP contribution in [0.1, 0.15) is 70.3 Å². The highest BCUT2D eigenvalue weighted by atomic mass is 79.9. The normalized spacial score (nSPS) is 20.6. The SMILES string of the molecule is Clc1cc(Br)c2nc(NC3CCCCC3)n(C3CCCCC3)c2c1. The molecule has 1 N–H and O–H groups in total. The number of rotatable bonds is 3. The lowest BCUT2D eigenvalue weighted by Gasteiger charge is -2.28. The predicted molar refractivity (Wildman–Crippen MR) is 105 cm³/mol. The van der Waals surface area contributed by atoms with Gasteiger partial charge >= 0.3 is 0 Å². The monoisotopic (exact) mass is 409 g/mol. The summed E-state index contributed by atoms with van der Waals surface area (Å²) in [4.78, 5) is 4.97. The van der Waals surface area contributed by atoms with Crippen LogP contribution in [0.5, 0.6) is 0 Å². The summed E-state index contributed by atoms with van der Waals surface area (Å²) in [6, 6.07) is 5.13. The van der Waals surface area contributed by atoms with Gasteiger partial charge in [-0.15, -0.1) is 0 Å². The summed E-state index contributed by atoms with van der Waals surface area (Å²) < 4.78 is 3.44. The largest absolute Gasteiger partial charge is 0.353 e. The lowest BCUT2D eigenvalue weighted by molar-refractivity contribution is 0.360. The molecule has 2 saturated carbocycles. The number of hydrogen-bond acceptors (Lipinski definition) is 2. The van der Waals surface area contributed by atoms with Gasteiger partial charge < -0.3 is 9.88 Å². The number of anilines is 1. The second-order valence-electron chi connectivity index (χ2n) is 7.33. The highest BCUT2D eigenvalue weighted by molar-refractivity contribution is 9.10. The Balaban J connectivity index is 1.76. The first-order valence-electron chi connectivity index (χ1n) is 9.36. The Kier molecular flexibility index (Phi) is 5.05. The first-order chi connectivity index (χ1) is 11.7. The van der Waals surface area contributed by atoms with Crippen molar-refractivity contribution in [2.75, 3.05) is 5.32 Å². The van der Waals surface area contributed by atoms with Crippen LogP contribution in [0.4, 0.5) is 5.95 Å². The van der Waals surface area contributed by atoms with Gasteiger partial charge in [0.15, 0.2) is 0 Å². The molecule has 2 aromatic rings. The molecule has 1 heterocycles. The topological polar surface area (TPSA) is 29.9 Å². The van der Waals surface area contributed by atoms with Crippen molar-refractivity contribution in [2.24, 2.45) is 0 Å². The van der Waals surface area contributed by atoms with Crippen molar-refractivity contribution in [1.29, 1.82) is 0 Å². The van der Waals surface area contributed by atoms with Gasteiger partial charge in [-0.3, -0.25) is 0 Å². The van der Waals surface area contributed by atoms with E-state index in [9.17, 15) is 0 Å². The van der Waals surface area contributed by atoms with Crippen LogP contribution in [0.3, 0.4) is 0 Å². The summed E-state index contributed by atoms with van der Waals surface area (Å²) >= 11 is 10.0. The lowest BCUT2D eigenvalue weighted by atomic mass is 9.94. The zero-order chi connectivity index (χ0) is 16.5. The first-order valence-corrected chi connectivity index (χ1v) is 10.5. The van der Waals surface area contributed by atoms with E-state index in [2.05, 4.69) is 31.9 Å². The van der Waals surface area contributed by atoms with Gasteiger partial charge in [0.25, 0.3) is 0 Å². The van der Waals surface area contributed by atoms with Gasteiger partial charge in [0.2, 0.25) is 5.95 Å². The van der Waals surface area contributed by atoms with E-state index in [1.165, 1.54) is 69.7 Å². The Morgan fingerprint density at radius 1 is 1.00 bits per heavy atom. The Labute approximate surface area is 157 Å². The summed E-state index contributed by atoms with van der Waals surface area (Å²) in [7, 11) is 0. The van der Waals surface area contributed by atoms with Crippen molar-refractivity contribution in [3.8, 4) is 0 Å². The number of fused-ring (bicyclic) bond motifs is 1. The van der Waals surface area contributed by atoms with Crippen LogP contribution in [-0.2, 0) is 0 Å². The third-order valence-electron chi connectivity index (χ3n) is 5.59. The molecule has 2 aliphatic rings.